The summed E-state index contributed by atoms with van der Waals surface area (Å²) in [6.45, 7) is 5.55. The van der Waals surface area contributed by atoms with Gasteiger partial charge in [-0.25, -0.2) is 0 Å². The summed E-state index contributed by atoms with van der Waals surface area (Å²) in [6.07, 6.45) is 3.66. The van der Waals surface area contributed by atoms with Crippen LogP contribution >= 0.6 is 11.6 Å². The fourth-order valence-electron chi connectivity index (χ4n) is 3.39. The number of anilines is 1. The molecule has 4 heteroatoms. The Balaban J connectivity index is 1.77. The number of aliphatic hydroxyl groups is 1. The van der Waals surface area contributed by atoms with Gasteiger partial charge in [0.2, 0.25) is 0 Å². The van der Waals surface area contributed by atoms with Crippen molar-refractivity contribution >= 4 is 17.3 Å². The first-order valence-corrected chi connectivity index (χ1v) is 8.01. The van der Waals surface area contributed by atoms with Gasteiger partial charge in [0.25, 0.3) is 0 Å². The van der Waals surface area contributed by atoms with Crippen LogP contribution in [0.3, 0.4) is 0 Å². The Labute approximate surface area is 126 Å². The van der Waals surface area contributed by atoms with Crippen molar-refractivity contribution in [1.82, 2.24) is 4.90 Å². The average Bonchev–Trinajstić information content (AvgIpc) is 3.12. The van der Waals surface area contributed by atoms with Crippen LogP contribution in [0.25, 0.3) is 0 Å². The minimum Gasteiger partial charge on any atom is -0.396 e. The third-order valence-electron chi connectivity index (χ3n) is 4.55. The summed E-state index contributed by atoms with van der Waals surface area (Å²) >= 11 is 6.45. The van der Waals surface area contributed by atoms with E-state index < -0.39 is 0 Å². The molecule has 2 aliphatic heterocycles. The summed E-state index contributed by atoms with van der Waals surface area (Å²) in [5, 5.41) is 10.1. The minimum absolute atomic E-state index is 0.304. The van der Waals surface area contributed by atoms with E-state index in [0.717, 1.165) is 44.2 Å². The third-order valence-corrected chi connectivity index (χ3v) is 4.90. The van der Waals surface area contributed by atoms with Gasteiger partial charge in [0.15, 0.2) is 0 Å². The van der Waals surface area contributed by atoms with Crippen molar-refractivity contribution < 1.29 is 5.11 Å². The highest BCUT2D eigenvalue weighted by atomic mass is 35.5. The van der Waals surface area contributed by atoms with E-state index in [9.17, 15) is 5.11 Å². The number of hydrogen-bond acceptors (Lipinski definition) is 3. The first-order chi connectivity index (χ1) is 9.78. The largest absolute Gasteiger partial charge is 0.396 e. The number of rotatable bonds is 4. The highest BCUT2D eigenvalue weighted by Gasteiger charge is 2.24. The van der Waals surface area contributed by atoms with E-state index in [1.165, 1.54) is 24.1 Å². The number of halogens is 1. The Bertz CT molecular complexity index is 460. The molecular weight excluding hydrogens is 272 g/mol. The molecule has 3 nitrogen and oxygen atoms in total. The van der Waals surface area contributed by atoms with Crippen molar-refractivity contribution in [3.8, 4) is 0 Å². The van der Waals surface area contributed by atoms with Crippen LogP contribution in [0.1, 0.15) is 24.8 Å². The fourth-order valence-corrected chi connectivity index (χ4v) is 3.62. The first kappa shape index (κ1) is 14.2. The second kappa shape index (κ2) is 6.33. The predicted molar refractivity (Wildman–Crippen MR) is 83.4 cm³/mol. The lowest BCUT2D eigenvalue weighted by Gasteiger charge is -2.25. The number of aliphatic hydroxyl groups excluding tert-OH is 1. The van der Waals surface area contributed by atoms with Crippen LogP contribution in [0.4, 0.5) is 5.69 Å². The van der Waals surface area contributed by atoms with E-state index in [2.05, 4.69) is 21.9 Å². The highest BCUT2D eigenvalue weighted by Crippen LogP contribution is 2.32. The first-order valence-electron chi connectivity index (χ1n) is 7.63. The Morgan fingerprint density at radius 1 is 1.20 bits per heavy atom. The molecule has 0 bridgehead atoms. The van der Waals surface area contributed by atoms with Gasteiger partial charge in [-0.05, 0) is 43.9 Å². The maximum Gasteiger partial charge on any atom is 0.0471 e. The molecule has 0 spiro atoms. The normalized spacial score (nSPS) is 23.7. The molecule has 110 valence electrons. The predicted octanol–water partition coefficient (Wildman–Crippen LogP) is 2.75. The monoisotopic (exact) mass is 294 g/mol. The molecule has 2 heterocycles. The number of hydrogen-bond donors (Lipinski definition) is 1. The molecule has 1 atom stereocenters. The molecule has 1 aromatic carbocycles. The van der Waals surface area contributed by atoms with E-state index in [4.69, 9.17) is 11.6 Å². The summed E-state index contributed by atoms with van der Waals surface area (Å²) in [5.74, 6) is 0.438. The van der Waals surface area contributed by atoms with Gasteiger partial charge in [0, 0.05) is 49.1 Å². The molecule has 0 radical (unpaired) electrons. The van der Waals surface area contributed by atoms with Gasteiger partial charge in [-0.3, -0.25) is 4.90 Å². The van der Waals surface area contributed by atoms with Crippen LogP contribution in [0, 0.1) is 5.92 Å². The summed E-state index contributed by atoms with van der Waals surface area (Å²) in [4.78, 5) is 4.88. The third kappa shape index (κ3) is 2.95. The second-order valence-corrected chi connectivity index (χ2v) is 6.41. The highest BCUT2D eigenvalue weighted by molar-refractivity contribution is 6.31. The summed E-state index contributed by atoms with van der Waals surface area (Å²) < 4.78 is 0. The van der Waals surface area contributed by atoms with Gasteiger partial charge < -0.3 is 10.0 Å². The quantitative estimate of drug-likeness (QED) is 0.925. The molecule has 1 aromatic rings. The minimum atomic E-state index is 0.304. The molecule has 0 amide bonds. The zero-order valence-corrected chi connectivity index (χ0v) is 12.6. The van der Waals surface area contributed by atoms with E-state index in [0.29, 0.717) is 12.5 Å². The molecular formula is C16H23ClN2O. The number of likely N-dealkylation sites (tertiary alicyclic amines) is 1. The summed E-state index contributed by atoms with van der Waals surface area (Å²) in [7, 11) is 0. The second-order valence-electron chi connectivity index (χ2n) is 6.00. The lowest BCUT2D eigenvalue weighted by atomic mass is 10.1. The van der Waals surface area contributed by atoms with Crippen LogP contribution in [-0.4, -0.2) is 42.8 Å². The molecule has 2 fully saturated rings. The Morgan fingerprint density at radius 2 is 2.00 bits per heavy atom. The fraction of sp³-hybridized carbons (Fsp3) is 0.625. The van der Waals surface area contributed by atoms with Crippen molar-refractivity contribution in [3.05, 3.63) is 28.8 Å². The van der Waals surface area contributed by atoms with Gasteiger partial charge >= 0.3 is 0 Å². The van der Waals surface area contributed by atoms with E-state index in [-0.39, 0.29) is 0 Å². The standard InChI is InChI=1S/C16H23ClN2O/c17-15-4-3-5-16(19-7-1-2-8-19)14(15)11-18-9-6-13(10-18)12-20/h3-5,13,20H,1-2,6-12H2/t13-/m0/s1. The van der Waals surface area contributed by atoms with Crippen molar-refractivity contribution in [2.75, 3.05) is 37.7 Å². The van der Waals surface area contributed by atoms with Crippen LogP contribution in [0.2, 0.25) is 5.02 Å². The van der Waals surface area contributed by atoms with Gasteiger partial charge in [-0.15, -0.1) is 0 Å². The average molecular weight is 295 g/mol. The summed E-state index contributed by atoms with van der Waals surface area (Å²) in [6, 6.07) is 6.25. The van der Waals surface area contributed by atoms with Crippen LogP contribution in [0.15, 0.2) is 18.2 Å². The zero-order valence-electron chi connectivity index (χ0n) is 11.9. The van der Waals surface area contributed by atoms with Crippen molar-refractivity contribution in [3.63, 3.8) is 0 Å². The molecule has 20 heavy (non-hydrogen) atoms. The SMILES string of the molecule is OC[C@H]1CCN(Cc2c(Cl)cccc2N2CCCC2)C1. The van der Waals surface area contributed by atoms with Gasteiger partial charge in [0.05, 0.1) is 0 Å². The van der Waals surface area contributed by atoms with E-state index in [1.807, 2.05) is 6.07 Å². The van der Waals surface area contributed by atoms with Gasteiger partial charge in [0.1, 0.15) is 0 Å². The maximum atomic E-state index is 9.27. The Kier molecular flexibility index (Phi) is 4.49. The van der Waals surface area contributed by atoms with Crippen molar-refractivity contribution in [1.29, 1.82) is 0 Å². The number of nitrogens with zero attached hydrogens (tertiary/aromatic N) is 2. The van der Waals surface area contributed by atoms with Crippen molar-refractivity contribution in [2.24, 2.45) is 5.92 Å². The van der Waals surface area contributed by atoms with Crippen LogP contribution in [-0.2, 0) is 6.54 Å². The Morgan fingerprint density at radius 3 is 2.70 bits per heavy atom. The molecule has 0 unspecified atom stereocenters. The molecule has 3 rings (SSSR count). The lowest BCUT2D eigenvalue weighted by Crippen LogP contribution is -2.25. The van der Waals surface area contributed by atoms with E-state index in [1.54, 1.807) is 0 Å². The lowest BCUT2D eigenvalue weighted by molar-refractivity contribution is 0.220. The van der Waals surface area contributed by atoms with Crippen LogP contribution in [0.5, 0.6) is 0 Å². The molecule has 0 saturated carbocycles. The molecule has 2 saturated heterocycles. The Hall–Kier alpha value is -0.770. The van der Waals surface area contributed by atoms with Gasteiger partial charge in [-0.2, -0.15) is 0 Å². The molecule has 1 N–H and O–H groups in total. The topological polar surface area (TPSA) is 26.7 Å². The van der Waals surface area contributed by atoms with Crippen molar-refractivity contribution in [2.45, 2.75) is 25.8 Å². The smallest absolute Gasteiger partial charge is 0.0471 e. The zero-order chi connectivity index (χ0) is 13.9. The van der Waals surface area contributed by atoms with Crippen LogP contribution < -0.4 is 4.90 Å². The molecule has 2 aliphatic rings. The summed E-state index contributed by atoms with van der Waals surface area (Å²) in [5.41, 5.74) is 2.57. The van der Waals surface area contributed by atoms with Gasteiger partial charge in [-0.1, -0.05) is 17.7 Å². The van der Waals surface area contributed by atoms with E-state index >= 15 is 0 Å². The molecule has 0 aromatic heterocycles. The number of benzene rings is 1. The maximum absolute atomic E-state index is 9.27. The molecule has 0 aliphatic carbocycles.